The normalized spacial score (nSPS) is 13.4. The number of H-pyrrole nitrogens is 1. The van der Waals surface area contributed by atoms with E-state index in [0.717, 1.165) is 38.7 Å². The number of nitrogens with one attached hydrogen (secondary N) is 1. The summed E-state index contributed by atoms with van der Waals surface area (Å²) in [6.07, 6.45) is 1.29. The number of nitrogens with zero attached hydrogens (tertiary/aromatic N) is 1. The Kier molecular flexibility index (Phi) is 4.90. The first-order valence-corrected chi connectivity index (χ1v) is 10.4. The number of ether oxygens (including phenoxy) is 1. The maximum absolute atomic E-state index is 13.1. The fourth-order valence-corrected chi connectivity index (χ4v) is 4.76. The zero-order valence-corrected chi connectivity index (χ0v) is 17.5. The minimum absolute atomic E-state index is 0.148. The van der Waals surface area contributed by atoms with Gasteiger partial charge in [-0.1, -0.05) is 66.7 Å². The monoisotopic (exact) mass is 426 g/mol. The molecular formula is C26H22N2O4. The van der Waals surface area contributed by atoms with Gasteiger partial charge in [-0.3, -0.25) is 4.90 Å². The van der Waals surface area contributed by atoms with Crippen molar-refractivity contribution >= 4 is 23.0 Å². The SMILES string of the molecule is COC(=O)N(C(Cc1c[nH]c2ccccc12)C(=O)O)C1c2ccccc2-c2ccccc21. The van der Waals surface area contributed by atoms with Gasteiger partial charge in [0.2, 0.25) is 0 Å². The second-order valence-electron chi connectivity index (χ2n) is 7.87. The molecule has 1 aromatic heterocycles. The summed E-state index contributed by atoms with van der Waals surface area (Å²) in [5.74, 6) is -1.08. The Bertz CT molecular complexity index is 1280. The predicted molar refractivity (Wildman–Crippen MR) is 121 cm³/mol. The van der Waals surface area contributed by atoms with Crippen molar-refractivity contribution in [1.82, 2.24) is 9.88 Å². The molecule has 32 heavy (non-hydrogen) atoms. The molecular weight excluding hydrogens is 404 g/mol. The molecule has 0 aliphatic heterocycles. The number of hydrogen-bond donors (Lipinski definition) is 2. The lowest BCUT2D eigenvalue weighted by Gasteiger charge is -2.34. The van der Waals surface area contributed by atoms with Crippen molar-refractivity contribution in [2.45, 2.75) is 18.5 Å². The second-order valence-corrected chi connectivity index (χ2v) is 7.87. The molecule has 1 unspecified atom stereocenters. The zero-order chi connectivity index (χ0) is 22.2. The van der Waals surface area contributed by atoms with E-state index < -0.39 is 24.1 Å². The number of amides is 1. The minimum atomic E-state index is -1.12. The maximum Gasteiger partial charge on any atom is 0.411 e. The van der Waals surface area contributed by atoms with Crippen LogP contribution in [0.3, 0.4) is 0 Å². The average molecular weight is 426 g/mol. The second kappa shape index (κ2) is 7.89. The number of carboxylic acids is 1. The van der Waals surface area contributed by atoms with Crippen LogP contribution in [-0.2, 0) is 16.0 Å². The minimum Gasteiger partial charge on any atom is -0.480 e. The van der Waals surface area contributed by atoms with E-state index >= 15 is 0 Å². The average Bonchev–Trinajstić information content (AvgIpc) is 3.38. The molecule has 0 radical (unpaired) electrons. The van der Waals surface area contributed by atoms with Crippen LogP contribution >= 0.6 is 0 Å². The van der Waals surface area contributed by atoms with Crippen LogP contribution in [0.25, 0.3) is 22.0 Å². The molecule has 0 saturated carbocycles. The highest BCUT2D eigenvalue weighted by molar-refractivity contribution is 5.87. The number of para-hydroxylation sites is 1. The molecule has 0 fully saturated rings. The van der Waals surface area contributed by atoms with Crippen LogP contribution in [0.5, 0.6) is 0 Å². The Hall–Kier alpha value is -4.06. The molecule has 1 aliphatic carbocycles. The third kappa shape index (κ3) is 3.12. The molecule has 4 aromatic rings. The number of methoxy groups -OCH3 is 1. The number of hydrogen-bond acceptors (Lipinski definition) is 3. The van der Waals surface area contributed by atoms with Crippen molar-refractivity contribution in [1.29, 1.82) is 0 Å². The van der Waals surface area contributed by atoms with E-state index in [-0.39, 0.29) is 6.42 Å². The zero-order valence-electron chi connectivity index (χ0n) is 17.5. The van der Waals surface area contributed by atoms with Crippen molar-refractivity contribution in [2.24, 2.45) is 0 Å². The summed E-state index contributed by atoms with van der Waals surface area (Å²) in [6, 6.07) is 21.6. The molecule has 2 N–H and O–H groups in total. The quantitative estimate of drug-likeness (QED) is 0.470. The lowest BCUT2D eigenvalue weighted by atomic mass is 9.98. The Morgan fingerprint density at radius 2 is 1.56 bits per heavy atom. The standard InChI is InChI=1S/C26H22N2O4/c1-32-26(31)28(23(25(29)30)14-16-15-27-22-13-7-6-8-17(16)22)24-20-11-4-2-9-18(20)19-10-3-5-12-21(19)24/h2-13,15,23-24,27H,14H2,1H3,(H,29,30). The van der Waals surface area contributed by atoms with Crippen LogP contribution in [0.15, 0.2) is 79.0 Å². The molecule has 0 saturated heterocycles. The number of benzene rings is 3. The topological polar surface area (TPSA) is 82.6 Å². The molecule has 3 aromatic carbocycles. The van der Waals surface area contributed by atoms with Gasteiger partial charge >= 0.3 is 12.1 Å². The van der Waals surface area contributed by atoms with Gasteiger partial charge in [-0.2, -0.15) is 0 Å². The first kappa shape index (κ1) is 19.9. The highest BCUT2D eigenvalue weighted by atomic mass is 16.5. The fourth-order valence-electron chi connectivity index (χ4n) is 4.76. The molecule has 0 spiro atoms. The predicted octanol–water partition coefficient (Wildman–Crippen LogP) is 5.00. The van der Waals surface area contributed by atoms with E-state index in [2.05, 4.69) is 4.98 Å². The lowest BCUT2D eigenvalue weighted by molar-refractivity contribution is -0.143. The Balaban J connectivity index is 1.64. The van der Waals surface area contributed by atoms with Gasteiger partial charge in [-0.05, 0) is 33.9 Å². The van der Waals surface area contributed by atoms with Crippen LogP contribution in [-0.4, -0.2) is 40.2 Å². The van der Waals surface area contributed by atoms with Crippen LogP contribution in [0.2, 0.25) is 0 Å². The molecule has 5 rings (SSSR count). The van der Waals surface area contributed by atoms with Gasteiger partial charge in [0.25, 0.3) is 0 Å². The summed E-state index contributed by atoms with van der Waals surface area (Å²) in [5, 5.41) is 11.2. The number of carbonyl (C=O) groups excluding carboxylic acids is 1. The van der Waals surface area contributed by atoms with Gasteiger partial charge in [-0.15, -0.1) is 0 Å². The number of carbonyl (C=O) groups is 2. The van der Waals surface area contributed by atoms with Crippen molar-refractivity contribution in [3.05, 3.63) is 95.7 Å². The summed E-state index contributed by atoms with van der Waals surface area (Å²) in [4.78, 5) is 30.2. The van der Waals surface area contributed by atoms with E-state index in [0.29, 0.717) is 0 Å². The molecule has 1 aliphatic rings. The number of aromatic nitrogens is 1. The number of fused-ring (bicyclic) bond motifs is 4. The van der Waals surface area contributed by atoms with Gasteiger partial charge in [0.1, 0.15) is 6.04 Å². The number of carboxylic acid groups (broad SMARTS) is 1. The summed E-state index contributed by atoms with van der Waals surface area (Å²) < 4.78 is 5.11. The fraction of sp³-hybridized carbons (Fsp3) is 0.154. The van der Waals surface area contributed by atoms with Gasteiger partial charge in [0, 0.05) is 23.5 Å². The molecule has 160 valence electrons. The van der Waals surface area contributed by atoms with E-state index in [1.54, 1.807) is 0 Å². The highest BCUT2D eigenvalue weighted by Crippen LogP contribution is 2.47. The van der Waals surface area contributed by atoms with Crippen LogP contribution < -0.4 is 0 Å². The first-order chi connectivity index (χ1) is 15.6. The van der Waals surface area contributed by atoms with E-state index in [1.807, 2.05) is 79.0 Å². The van der Waals surface area contributed by atoms with Crippen molar-refractivity contribution in [2.75, 3.05) is 7.11 Å². The van der Waals surface area contributed by atoms with Gasteiger partial charge < -0.3 is 14.8 Å². The third-order valence-corrected chi connectivity index (χ3v) is 6.17. The Morgan fingerprint density at radius 1 is 0.969 bits per heavy atom. The van der Waals surface area contributed by atoms with Crippen LogP contribution in [0, 0.1) is 0 Å². The largest absolute Gasteiger partial charge is 0.480 e. The molecule has 1 amide bonds. The maximum atomic E-state index is 13.1. The molecule has 6 nitrogen and oxygen atoms in total. The highest BCUT2D eigenvalue weighted by Gasteiger charge is 2.42. The molecule has 0 bridgehead atoms. The summed E-state index contributed by atoms with van der Waals surface area (Å²) in [6.45, 7) is 0. The number of aromatic amines is 1. The third-order valence-electron chi connectivity index (χ3n) is 6.17. The number of aliphatic carboxylic acids is 1. The van der Waals surface area contributed by atoms with E-state index in [1.165, 1.54) is 12.0 Å². The molecule has 6 heteroatoms. The van der Waals surface area contributed by atoms with Crippen LogP contribution in [0.4, 0.5) is 4.79 Å². The molecule has 1 heterocycles. The summed E-state index contributed by atoms with van der Waals surface area (Å²) in [7, 11) is 1.28. The lowest BCUT2D eigenvalue weighted by Crippen LogP contribution is -2.48. The Morgan fingerprint density at radius 3 is 2.19 bits per heavy atom. The van der Waals surface area contributed by atoms with E-state index in [4.69, 9.17) is 4.74 Å². The summed E-state index contributed by atoms with van der Waals surface area (Å²) in [5.41, 5.74) is 5.54. The van der Waals surface area contributed by atoms with Gasteiger partial charge in [0.05, 0.1) is 13.2 Å². The smallest absolute Gasteiger partial charge is 0.411 e. The summed E-state index contributed by atoms with van der Waals surface area (Å²) >= 11 is 0. The van der Waals surface area contributed by atoms with E-state index in [9.17, 15) is 14.7 Å². The molecule has 1 atom stereocenters. The van der Waals surface area contributed by atoms with Crippen molar-refractivity contribution in [3.63, 3.8) is 0 Å². The van der Waals surface area contributed by atoms with Crippen molar-refractivity contribution < 1.29 is 19.4 Å². The first-order valence-electron chi connectivity index (χ1n) is 10.4. The van der Waals surface area contributed by atoms with Crippen molar-refractivity contribution in [3.8, 4) is 11.1 Å². The van der Waals surface area contributed by atoms with Gasteiger partial charge in [-0.25, -0.2) is 9.59 Å². The van der Waals surface area contributed by atoms with Crippen LogP contribution in [0.1, 0.15) is 22.7 Å². The van der Waals surface area contributed by atoms with Gasteiger partial charge in [0.15, 0.2) is 0 Å². The Labute approximate surface area is 185 Å². The number of rotatable bonds is 5.